The zero-order chi connectivity index (χ0) is 12.0. The first-order chi connectivity index (χ1) is 8.16. The number of benzene rings is 1. The number of carboxylic acids is 1. The van der Waals surface area contributed by atoms with Crippen LogP contribution in [0.25, 0.3) is 11.3 Å². The summed E-state index contributed by atoms with van der Waals surface area (Å²) in [5, 5.41) is 8.89. The van der Waals surface area contributed by atoms with Gasteiger partial charge >= 0.3 is 5.97 Å². The third kappa shape index (κ3) is 1.38. The molecular formula is C13H9NO3. The van der Waals surface area contributed by atoms with Gasteiger partial charge < -0.3 is 10.1 Å². The van der Waals surface area contributed by atoms with E-state index >= 15 is 0 Å². The van der Waals surface area contributed by atoms with E-state index in [-0.39, 0.29) is 5.56 Å². The van der Waals surface area contributed by atoms with Gasteiger partial charge in [-0.25, -0.2) is 4.79 Å². The Morgan fingerprint density at radius 3 is 2.76 bits per heavy atom. The molecular weight excluding hydrogens is 218 g/mol. The number of pyridine rings is 1. The van der Waals surface area contributed by atoms with E-state index < -0.39 is 11.5 Å². The summed E-state index contributed by atoms with van der Waals surface area (Å²) in [6.07, 6.45) is 0.669. The SMILES string of the molecule is O=C(O)c1cc2c([nH]c1=O)-c1ccccc1C2. The molecule has 1 aliphatic rings. The molecule has 0 saturated heterocycles. The molecule has 0 saturated carbocycles. The third-order valence-corrected chi connectivity index (χ3v) is 3.02. The number of rotatable bonds is 1. The van der Waals surface area contributed by atoms with Crippen molar-refractivity contribution in [3.63, 3.8) is 0 Å². The standard InChI is InChI=1S/C13H9NO3/c15-12-10(13(16)17)6-8-5-7-3-1-2-4-9(7)11(8)14-12/h1-4,6H,5H2,(H,14,15)(H,16,17). The number of hydrogen-bond donors (Lipinski definition) is 2. The second-order valence-corrected chi connectivity index (χ2v) is 4.05. The van der Waals surface area contributed by atoms with Crippen LogP contribution in [0.3, 0.4) is 0 Å². The van der Waals surface area contributed by atoms with Crippen molar-refractivity contribution in [2.75, 3.05) is 0 Å². The van der Waals surface area contributed by atoms with E-state index in [4.69, 9.17) is 5.11 Å². The van der Waals surface area contributed by atoms with Crippen LogP contribution in [0.15, 0.2) is 35.1 Å². The lowest BCUT2D eigenvalue weighted by molar-refractivity contribution is 0.0695. The zero-order valence-corrected chi connectivity index (χ0v) is 8.86. The van der Waals surface area contributed by atoms with Gasteiger partial charge in [0.25, 0.3) is 5.56 Å². The minimum Gasteiger partial charge on any atom is -0.477 e. The van der Waals surface area contributed by atoms with Crippen LogP contribution in [-0.4, -0.2) is 16.1 Å². The summed E-state index contributed by atoms with van der Waals surface area (Å²) in [5.41, 5.74) is 2.96. The Hall–Kier alpha value is -2.36. The molecule has 0 radical (unpaired) electrons. The van der Waals surface area contributed by atoms with Gasteiger partial charge in [-0.05, 0) is 17.2 Å². The fourth-order valence-corrected chi connectivity index (χ4v) is 2.24. The number of carboxylic acid groups (broad SMARTS) is 1. The average Bonchev–Trinajstić information content (AvgIpc) is 2.65. The van der Waals surface area contributed by atoms with Crippen molar-refractivity contribution in [1.82, 2.24) is 4.98 Å². The number of H-pyrrole nitrogens is 1. The lowest BCUT2D eigenvalue weighted by Gasteiger charge is -2.01. The number of aromatic nitrogens is 1. The molecule has 0 spiro atoms. The van der Waals surface area contributed by atoms with Gasteiger partial charge in [0.1, 0.15) is 5.56 Å². The maximum absolute atomic E-state index is 11.6. The maximum Gasteiger partial charge on any atom is 0.341 e. The molecule has 0 aliphatic heterocycles. The summed E-state index contributed by atoms with van der Waals surface area (Å²) in [6.45, 7) is 0. The highest BCUT2D eigenvalue weighted by molar-refractivity contribution is 5.88. The summed E-state index contributed by atoms with van der Waals surface area (Å²) in [4.78, 5) is 25.1. The molecule has 4 heteroatoms. The molecule has 1 aromatic heterocycles. The average molecular weight is 227 g/mol. The van der Waals surface area contributed by atoms with Gasteiger partial charge in [0, 0.05) is 12.0 Å². The molecule has 0 fully saturated rings. The first-order valence-electron chi connectivity index (χ1n) is 5.24. The zero-order valence-electron chi connectivity index (χ0n) is 8.86. The molecule has 0 unspecified atom stereocenters. The molecule has 1 aromatic carbocycles. The molecule has 84 valence electrons. The van der Waals surface area contributed by atoms with Crippen LogP contribution in [0.4, 0.5) is 0 Å². The van der Waals surface area contributed by atoms with Crippen molar-refractivity contribution in [2.45, 2.75) is 6.42 Å². The predicted molar refractivity (Wildman–Crippen MR) is 62.3 cm³/mol. The van der Waals surface area contributed by atoms with Crippen molar-refractivity contribution in [3.05, 3.63) is 57.4 Å². The lowest BCUT2D eigenvalue weighted by Crippen LogP contribution is -2.18. The van der Waals surface area contributed by atoms with Crippen molar-refractivity contribution in [3.8, 4) is 11.3 Å². The Labute approximate surface area is 96.5 Å². The van der Waals surface area contributed by atoms with E-state index in [0.717, 1.165) is 22.4 Å². The Morgan fingerprint density at radius 2 is 2.00 bits per heavy atom. The monoisotopic (exact) mass is 227 g/mol. The van der Waals surface area contributed by atoms with Crippen LogP contribution in [-0.2, 0) is 6.42 Å². The predicted octanol–water partition coefficient (Wildman–Crippen LogP) is 1.64. The minimum atomic E-state index is -1.19. The summed E-state index contributed by atoms with van der Waals surface area (Å²) >= 11 is 0. The van der Waals surface area contributed by atoms with Crippen LogP contribution in [0.2, 0.25) is 0 Å². The molecule has 17 heavy (non-hydrogen) atoms. The highest BCUT2D eigenvalue weighted by Crippen LogP contribution is 2.33. The van der Waals surface area contributed by atoms with Gasteiger partial charge in [-0.3, -0.25) is 4.79 Å². The minimum absolute atomic E-state index is 0.198. The largest absolute Gasteiger partial charge is 0.477 e. The number of nitrogens with one attached hydrogen (secondary N) is 1. The van der Waals surface area contributed by atoms with Gasteiger partial charge in [0.2, 0.25) is 0 Å². The number of aromatic carboxylic acids is 1. The van der Waals surface area contributed by atoms with Crippen molar-refractivity contribution in [2.24, 2.45) is 0 Å². The molecule has 0 atom stereocenters. The summed E-state index contributed by atoms with van der Waals surface area (Å²) in [6, 6.07) is 9.21. The van der Waals surface area contributed by atoms with E-state index in [1.165, 1.54) is 6.07 Å². The van der Waals surface area contributed by atoms with Gasteiger partial charge in [0.15, 0.2) is 0 Å². The van der Waals surface area contributed by atoms with Gasteiger partial charge in [0.05, 0.1) is 5.69 Å². The van der Waals surface area contributed by atoms with Crippen molar-refractivity contribution >= 4 is 5.97 Å². The topological polar surface area (TPSA) is 70.2 Å². The van der Waals surface area contributed by atoms with Gasteiger partial charge in [-0.2, -0.15) is 0 Å². The van der Waals surface area contributed by atoms with Gasteiger partial charge in [-0.15, -0.1) is 0 Å². The Bertz CT molecular complexity index is 685. The number of aromatic amines is 1. The van der Waals surface area contributed by atoms with Crippen LogP contribution in [0, 0.1) is 0 Å². The second-order valence-electron chi connectivity index (χ2n) is 4.05. The van der Waals surface area contributed by atoms with Crippen LogP contribution < -0.4 is 5.56 Å². The third-order valence-electron chi connectivity index (χ3n) is 3.02. The van der Waals surface area contributed by atoms with Crippen LogP contribution in [0.1, 0.15) is 21.5 Å². The van der Waals surface area contributed by atoms with Gasteiger partial charge in [-0.1, -0.05) is 24.3 Å². The van der Waals surface area contributed by atoms with E-state index in [1.54, 1.807) is 0 Å². The quantitative estimate of drug-likeness (QED) is 0.664. The van der Waals surface area contributed by atoms with Crippen LogP contribution >= 0.6 is 0 Å². The molecule has 4 nitrogen and oxygen atoms in total. The molecule has 2 aromatic rings. The molecule has 2 N–H and O–H groups in total. The number of hydrogen-bond acceptors (Lipinski definition) is 2. The van der Waals surface area contributed by atoms with E-state index in [9.17, 15) is 9.59 Å². The highest BCUT2D eigenvalue weighted by atomic mass is 16.4. The Kier molecular flexibility index (Phi) is 1.92. The Morgan fingerprint density at radius 1 is 1.24 bits per heavy atom. The maximum atomic E-state index is 11.6. The lowest BCUT2D eigenvalue weighted by atomic mass is 10.1. The summed E-state index contributed by atoms with van der Waals surface area (Å²) < 4.78 is 0. The number of fused-ring (bicyclic) bond motifs is 3. The molecule has 1 heterocycles. The highest BCUT2D eigenvalue weighted by Gasteiger charge is 2.21. The summed E-state index contributed by atoms with van der Waals surface area (Å²) in [5.74, 6) is -1.19. The van der Waals surface area contributed by atoms with E-state index in [1.807, 2.05) is 24.3 Å². The first kappa shape index (κ1) is 9.84. The second kappa shape index (κ2) is 3.31. The number of carbonyl (C=O) groups is 1. The molecule has 0 amide bonds. The van der Waals surface area contributed by atoms with Crippen molar-refractivity contribution < 1.29 is 9.90 Å². The molecule has 1 aliphatic carbocycles. The fourth-order valence-electron chi connectivity index (χ4n) is 2.24. The molecule has 0 bridgehead atoms. The fraction of sp³-hybridized carbons (Fsp3) is 0.0769. The molecule has 3 rings (SSSR count). The van der Waals surface area contributed by atoms with Crippen LogP contribution in [0.5, 0.6) is 0 Å². The van der Waals surface area contributed by atoms with E-state index in [2.05, 4.69) is 4.98 Å². The summed E-state index contributed by atoms with van der Waals surface area (Å²) in [7, 11) is 0. The van der Waals surface area contributed by atoms with Crippen molar-refractivity contribution in [1.29, 1.82) is 0 Å². The normalized spacial score (nSPS) is 12.0. The Balaban J connectivity index is 2.27. The van der Waals surface area contributed by atoms with E-state index in [0.29, 0.717) is 6.42 Å². The smallest absolute Gasteiger partial charge is 0.341 e. The first-order valence-corrected chi connectivity index (χ1v) is 5.24.